The summed E-state index contributed by atoms with van der Waals surface area (Å²) < 4.78 is 1.91. The van der Waals surface area contributed by atoms with Crippen LogP contribution in [0, 0.1) is 26.7 Å². The van der Waals surface area contributed by atoms with Crippen LogP contribution in [0.3, 0.4) is 0 Å². The predicted octanol–water partition coefficient (Wildman–Crippen LogP) is 4.93. The Kier molecular flexibility index (Phi) is 6.43. The van der Waals surface area contributed by atoms with Gasteiger partial charge in [0.15, 0.2) is 5.82 Å². The van der Waals surface area contributed by atoms with Crippen molar-refractivity contribution in [2.24, 2.45) is 5.92 Å². The van der Waals surface area contributed by atoms with Crippen LogP contribution in [-0.4, -0.2) is 39.0 Å². The maximum Gasteiger partial charge on any atom is 0.225 e. The second kappa shape index (κ2) is 9.66. The molecule has 7 nitrogen and oxygen atoms in total. The van der Waals surface area contributed by atoms with E-state index in [2.05, 4.69) is 39.5 Å². The van der Waals surface area contributed by atoms with Gasteiger partial charge in [-0.25, -0.2) is 4.68 Å². The van der Waals surface area contributed by atoms with Crippen molar-refractivity contribution in [1.82, 2.24) is 25.3 Å². The summed E-state index contributed by atoms with van der Waals surface area (Å²) in [5.74, 6) is 0.708. The molecule has 1 fully saturated rings. The zero-order valence-electron chi connectivity index (χ0n) is 20.3. The standard InChI is InChI=1S/C27H29ClN6O/c1-17-6-4-7-20(14-17)15-29-27(35)21-8-5-13-33(16-21)26-25-24(18(2)30-31-26)19(3)34(32-25)23-11-9-22(28)10-12-23/h4,6-7,9-12,14,21H,5,8,13,15-16H2,1-3H3,(H,29,35)/t21-/m1/s1. The van der Waals surface area contributed by atoms with Crippen molar-refractivity contribution in [2.75, 3.05) is 18.0 Å². The fraction of sp³-hybridized carbons (Fsp3) is 0.333. The summed E-state index contributed by atoms with van der Waals surface area (Å²) in [5.41, 5.74) is 5.88. The quantitative estimate of drug-likeness (QED) is 0.431. The van der Waals surface area contributed by atoms with Gasteiger partial charge in [0, 0.05) is 24.7 Å². The minimum atomic E-state index is -0.105. The van der Waals surface area contributed by atoms with Gasteiger partial charge in [-0.05, 0) is 63.4 Å². The van der Waals surface area contributed by atoms with Gasteiger partial charge >= 0.3 is 0 Å². The molecule has 1 amide bonds. The van der Waals surface area contributed by atoms with Gasteiger partial charge < -0.3 is 10.2 Å². The number of halogens is 1. The number of benzene rings is 2. The maximum atomic E-state index is 13.0. The number of rotatable bonds is 5. The lowest BCUT2D eigenvalue weighted by molar-refractivity contribution is -0.125. The van der Waals surface area contributed by atoms with Gasteiger partial charge in [0.2, 0.25) is 5.91 Å². The molecule has 1 aliphatic heterocycles. The number of nitrogens with zero attached hydrogens (tertiary/aromatic N) is 5. The Morgan fingerprint density at radius 1 is 1.11 bits per heavy atom. The highest BCUT2D eigenvalue weighted by molar-refractivity contribution is 6.30. The highest BCUT2D eigenvalue weighted by atomic mass is 35.5. The van der Waals surface area contributed by atoms with Crippen LogP contribution in [0.4, 0.5) is 5.82 Å². The third kappa shape index (κ3) is 4.73. The van der Waals surface area contributed by atoms with E-state index in [-0.39, 0.29) is 11.8 Å². The number of hydrogen-bond donors (Lipinski definition) is 1. The predicted molar refractivity (Wildman–Crippen MR) is 139 cm³/mol. The van der Waals surface area contributed by atoms with E-state index in [0.717, 1.165) is 58.7 Å². The van der Waals surface area contributed by atoms with Gasteiger partial charge in [-0.1, -0.05) is 41.4 Å². The zero-order chi connectivity index (χ0) is 24.5. The Morgan fingerprint density at radius 3 is 2.69 bits per heavy atom. The van der Waals surface area contributed by atoms with E-state index < -0.39 is 0 Å². The minimum Gasteiger partial charge on any atom is -0.352 e. The molecule has 2 aromatic carbocycles. The summed E-state index contributed by atoms with van der Waals surface area (Å²) in [7, 11) is 0. The molecule has 1 atom stereocenters. The molecule has 0 bridgehead atoms. The molecule has 1 aliphatic rings. The van der Waals surface area contributed by atoms with Crippen molar-refractivity contribution in [1.29, 1.82) is 0 Å². The number of fused-ring (bicyclic) bond motifs is 1. The average Bonchev–Trinajstić information content (AvgIpc) is 3.21. The number of amides is 1. The Hall–Kier alpha value is -3.45. The number of piperidine rings is 1. The van der Waals surface area contributed by atoms with Crippen LogP contribution in [0.25, 0.3) is 16.6 Å². The van der Waals surface area contributed by atoms with E-state index in [9.17, 15) is 4.79 Å². The molecule has 0 spiro atoms. The van der Waals surface area contributed by atoms with Crippen LogP contribution in [0.2, 0.25) is 5.02 Å². The topological polar surface area (TPSA) is 75.9 Å². The van der Waals surface area contributed by atoms with E-state index in [1.54, 1.807) is 0 Å². The van der Waals surface area contributed by atoms with E-state index in [1.165, 1.54) is 5.56 Å². The molecule has 0 radical (unpaired) electrons. The van der Waals surface area contributed by atoms with Gasteiger partial charge in [-0.3, -0.25) is 4.79 Å². The van der Waals surface area contributed by atoms with Crippen molar-refractivity contribution in [3.63, 3.8) is 0 Å². The van der Waals surface area contributed by atoms with E-state index in [1.807, 2.05) is 54.9 Å². The normalized spacial score (nSPS) is 16.0. The van der Waals surface area contributed by atoms with Gasteiger partial charge in [-0.2, -0.15) is 10.2 Å². The zero-order valence-corrected chi connectivity index (χ0v) is 21.0. The molecule has 5 rings (SSSR count). The highest BCUT2D eigenvalue weighted by Gasteiger charge is 2.29. The van der Waals surface area contributed by atoms with E-state index >= 15 is 0 Å². The van der Waals surface area contributed by atoms with Crippen molar-refractivity contribution >= 4 is 34.2 Å². The fourth-order valence-corrected chi connectivity index (χ4v) is 5.02. The molecule has 2 aromatic heterocycles. The van der Waals surface area contributed by atoms with Crippen LogP contribution in [0.5, 0.6) is 0 Å². The largest absolute Gasteiger partial charge is 0.352 e. The molecule has 4 aromatic rings. The van der Waals surface area contributed by atoms with Crippen LogP contribution < -0.4 is 10.2 Å². The van der Waals surface area contributed by atoms with Crippen LogP contribution in [0.1, 0.15) is 35.4 Å². The van der Waals surface area contributed by atoms with Crippen LogP contribution >= 0.6 is 11.6 Å². The van der Waals surface area contributed by atoms with E-state index in [0.29, 0.717) is 18.1 Å². The van der Waals surface area contributed by atoms with Crippen molar-refractivity contribution in [3.05, 3.63) is 76.1 Å². The second-order valence-corrected chi connectivity index (χ2v) is 9.73. The summed E-state index contributed by atoms with van der Waals surface area (Å²) in [6.07, 6.45) is 1.77. The van der Waals surface area contributed by atoms with Gasteiger partial charge in [0.05, 0.1) is 28.4 Å². The van der Waals surface area contributed by atoms with Gasteiger partial charge in [0.25, 0.3) is 0 Å². The molecule has 8 heteroatoms. The van der Waals surface area contributed by atoms with E-state index in [4.69, 9.17) is 16.7 Å². The number of anilines is 1. The minimum absolute atomic E-state index is 0.0791. The molecule has 0 aliphatic carbocycles. The van der Waals surface area contributed by atoms with Crippen molar-refractivity contribution in [3.8, 4) is 5.69 Å². The monoisotopic (exact) mass is 488 g/mol. The molecular weight excluding hydrogens is 460 g/mol. The maximum absolute atomic E-state index is 13.0. The summed E-state index contributed by atoms with van der Waals surface area (Å²) in [6, 6.07) is 15.8. The van der Waals surface area contributed by atoms with Crippen LogP contribution in [0.15, 0.2) is 48.5 Å². The SMILES string of the molecule is Cc1cccc(CNC(=O)[C@@H]2CCCN(c3nnc(C)c4c(C)n(-c5ccc(Cl)cc5)nc34)C2)c1. The number of carbonyl (C=O) groups excluding carboxylic acids is 1. The highest BCUT2D eigenvalue weighted by Crippen LogP contribution is 2.31. The first kappa shape index (κ1) is 23.3. The Labute approximate surface area is 210 Å². The number of aromatic nitrogens is 4. The van der Waals surface area contributed by atoms with Gasteiger partial charge in [0.1, 0.15) is 5.52 Å². The van der Waals surface area contributed by atoms with Crippen molar-refractivity contribution < 1.29 is 4.79 Å². The molecule has 1 N–H and O–H groups in total. The summed E-state index contributed by atoms with van der Waals surface area (Å²) in [5, 5.41) is 18.7. The number of aryl methyl sites for hydroxylation is 3. The lowest BCUT2D eigenvalue weighted by Gasteiger charge is -2.32. The fourth-order valence-electron chi connectivity index (χ4n) is 4.90. The molecule has 35 heavy (non-hydrogen) atoms. The third-order valence-corrected chi connectivity index (χ3v) is 6.95. The Bertz CT molecular complexity index is 1380. The summed E-state index contributed by atoms with van der Waals surface area (Å²) in [6.45, 7) is 8.01. The molecule has 3 heterocycles. The third-order valence-electron chi connectivity index (χ3n) is 6.70. The lowest BCUT2D eigenvalue weighted by Crippen LogP contribution is -2.43. The number of carbonyl (C=O) groups is 1. The Morgan fingerprint density at radius 2 is 1.91 bits per heavy atom. The van der Waals surface area contributed by atoms with Crippen molar-refractivity contribution in [2.45, 2.75) is 40.2 Å². The number of nitrogens with one attached hydrogen (secondary N) is 1. The average molecular weight is 489 g/mol. The first-order valence-electron chi connectivity index (χ1n) is 12.0. The Balaban J connectivity index is 1.39. The smallest absolute Gasteiger partial charge is 0.225 e. The molecular formula is C27H29ClN6O. The lowest BCUT2D eigenvalue weighted by atomic mass is 9.96. The summed E-state index contributed by atoms with van der Waals surface area (Å²) >= 11 is 6.08. The first-order valence-corrected chi connectivity index (χ1v) is 12.4. The second-order valence-electron chi connectivity index (χ2n) is 9.30. The molecule has 0 saturated carbocycles. The van der Waals surface area contributed by atoms with Crippen LogP contribution in [-0.2, 0) is 11.3 Å². The molecule has 180 valence electrons. The molecule has 1 saturated heterocycles. The first-order chi connectivity index (χ1) is 16.9. The molecule has 0 unspecified atom stereocenters. The number of hydrogen-bond acceptors (Lipinski definition) is 5. The van der Waals surface area contributed by atoms with Gasteiger partial charge in [-0.15, -0.1) is 5.10 Å². The summed E-state index contributed by atoms with van der Waals surface area (Å²) in [4.78, 5) is 15.2.